The van der Waals surface area contributed by atoms with Crippen LogP contribution in [0.1, 0.15) is 29.6 Å². The average Bonchev–Trinajstić information content (AvgIpc) is 2.69. The minimum atomic E-state index is -0.221. The standard InChI is InChI=1S/C19H25N5O2/c20-19-22-12-16(17(23-19)14-6-2-1-3-7-14)18(26)21-9-11-24-10-5-4-8-15(24)13-25/h1-3,6-7,12,15,25H,4-5,8-11,13H2,(H,21,26)(H2,20,22,23)/t15-/m1/s1. The normalized spacial score (nSPS) is 17.8. The van der Waals surface area contributed by atoms with E-state index in [2.05, 4.69) is 20.2 Å². The summed E-state index contributed by atoms with van der Waals surface area (Å²) in [4.78, 5) is 23.1. The molecule has 1 aromatic heterocycles. The number of piperidine rings is 1. The number of aliphatic hydroxyl groups is 1. The lowest BCUT2D eigenvalue weighted by Gasteiger charge is -2.34. The number of anilines is 1. The zero-order valence-electron chi connectivity index (χ0n) is 14.8. The van der Waals surface area contributed by atoms with Crippen LogP contribution in [-0.2, 0) is 0 Å². The fourth-order valence-electron chi connectivity index (χ4n) is 3.35. The van der Waals surface area contributed by atoms with Gasteiger partial charge in [-0.2, -0.15) is 0 Å². The minimum absolute atomic E-state index is 0.138. The van der Waals surface area contributed by atoms with Crippen molar-refractivity contribution in [1.82, 2.24) is 20.2 Å². The fraction of sp³-hybridized carbons (Fsp3) is 0.421. The highest BCUT2D eigenvalue weighted by Gasteiger charge is 2.21. The third kappa shape index (κ3) is 4.36. The van der Waals surface area contributed by atoms with Crippen LogP contribution in [0.2, 0.25) is 0 Å². The van der Waals surface area contributed by atoms with E-state index in [4.69, 9.17) is 5.73 Å². The Kier molecular flexibility index (Phi) is 6.14. The number of hydrogen-bond donors (Lipinski definition) is 3. The molecular formula is C19H25N5O2. The molecule has 1 amide bonds. The molecule has 0 bridgehead atoms. The summed E-state index contributed by atoms with van der Waals surface area (Å²) < 4.78 is 0. The van der Waals surface area contributed by atoms with Crippen LogP contribution in [0.5, 0.6) is 0 Å². The van der Waals surface area contributed by atoms with E-state index in [0.717, 1.165) is 31.4 Å². The van der Waals surface area contributed by atoms with E-state index >= 15 is 0 Å². The van der Waals surface area contributed by atoms with Crippen LogP contribution in [0, 0.1) is 0 Å². The van der Waals surface area contributed by atoms with Gasteiger partial charge in [-0.1, -0.05) is 36.8 Å². The molecule has 1 aliphatic heterocycles. The number of hydrogen-bond acceptors (Lipinski definition) is 6. The van der Waals surface area contributed by atoms with Gasteiger partial charge < -0.3 is 16.2 Å². The maximum Gasteiger partial charge on any atom is 0.255 e. The van der Waals surface area contributed by atoms with Crippen LogP contribution in [0.3, 0.4) is 0 Å². The molecule has 0 saturated carbocycles. The van der Waals surface area contributed by atoms with Crippen LogP contribution >= 0.6 is 0 Å². The third-order valence-corrected chi connectivity index (χ3v) is 4.74. The number of nitrogens with zero attached hydrogens (tertiary/aromatic N) is 3. The molecule has 0 unspecified atom stereocenters. The number of aliphatic hydroxyl groups excluding tert-OH is 1. The van der Waals surface area contributed by atoms with Crippen LogP contribution < -0.4 is 11.1 Å². The van der Waals surface area contributed by atoms with E-state index in [-0.39, 0.29) is 24.5 Å². The number of nitrogens with one attached hydrogen (secondary N) is 1. The number of carbonyl (C=O) groups is 1. The second-order valence-electron chi connectivity index (χ2n) is 6.48. The van der Waals surface area contributed by atoms with Crippen molar-refractivity contribution >= 4 is 11.9 Å². The first-order valence-electron chi connectivity index (χ1n) is 9.00. The van der Waals surface area contributed by atoms with Gasteiger partial charge in [0.2, 0.25) is 5.95 Å². The van der Waals surface area contributed by atoms with E-state index in [0.29, 0.717) is 24.3 Å². The second-order valence-corrected chi connectivity index (χ2v) is 6.48. The smallest absolute Gasteiger partial charge is 0.255 e. The highest BCUT2D eigenvalue weighted by Crippen LogP contribution is 2.21. The lowest BCUT2D eigenvalue weighted by atomic mass is 10.0. The summed E-state index contributed by atoms with van der Waals surface area (Å²) >= 11 is 0. The Morgan fingerprint density at radius 3 is 2.88 bits per heavy atom. The monoisotopic (exact) mass is 355 g/mol. The van der Waals surface area contributed by atoms with Gasteiger partial charge in [0, 0.05) is 30.9 Å². The van der Waals surface area contributed by atoms with Crippen molar-refractivity contribution in [3.05, 3.63) is 42.1 Å². The Hall–Kier alpha value is -2.51. The predicted octanol–water partition coefficient (Wildman–Crippen LogP) is 1.30. The molecule has 2 heterocycles. The molecule has 1 saturated heterocycles. The number of benzene rings is 1. The molecule has 7 nitrogen and oxygen atoms in total. The van der Waals surface area contributed by atoms with Crippen molar-refractivity contribution in [3.8, 4) is 11.3 Å². The zero-order valence-corrected chi connectivity index (χ0v) is 14.8. The summed E-state index contributed by atoms with van der Waals surface area (Å²) in [6.07, 6.45) is 4.76. The van der Waals surface area contributed by atoms with Gasteiger partial charge in [-0.3, -0.25) is 9.69 Å². The summed E-state index contributed by atoms with van der Waals surface area (Å²) in [6, 6.07) is 9.65. The largest absolute Gasteiger partial charge is 0.395 e. The number of carbonyl (C=O) groups excluding carboxylic acids is 1. The molecule has 0 aliphatic carbocycles. The highest BCUT2D eigenvalue weighted by atomic mass is 16.3. The number of nitrogen functional groups attached to an aromatic ring is 1. The Morgan fingerprint density at radius 2 is 2.12 bits per heavy atom. The quantitative estimate of drug-likeness (QED) is 0.721. The van der Waals surface area contributed by atoms with Crippen LogP contribution in [0.15, 0.2) is 36.5 Å². The van der Waals surface area contributed by atoms with Gasteiger partial charge in [-0.15, -0.1) is 0 Å². The van der Waals surface area contributed by atoms with Crippen LogP contribution in [0.25, 0.3) is 11.3 Å². The van der Waals surface area contributed by atoms with Gasteiger partial charge in [0.25, 0.3) is 5.91 Å². The summed E-state index contributed by atoms with van der Waals surface area (Å²) in [6.45, 7) is 2.35. The number of aromatic nitrogens is 2. The molecule has 4 N–H and O–H groups in total. The van der Waals surface area contributed by atoms with E-state index < -0.39 is 0 Å². The SMILES string of the molecule is Nc1ncc(C(=O)NCCN2CCCC[C@@H]2CO)c(-c2ccccc2)n1. The number of nitrogens with two attached hydrogens (primary N) is 1. The first-order chi connectivity index (χ1) is 12.7. The van der Waals surface area contributed by atoms with Gasteiger partial charge in [-0.25, -0.2) is 9.97 Å². The summed E-state index contributed by atoms with van der Waals surface area (Å²) in [5, 5.41) is 12.4. The molecule has 1 fully saturated rings. The second kappa shape index (κ2) is 8.73. The van der Waals surface area contributed by atoms with Crippen LogP contribution in [-0.4, -0.2) is 58.2 Å². The molecular weight excluding hydrogens is 330 g/mol. The molecule has 1 aliphatic rings. The topological polar surface area (TPSA) is 104 Å². The van der Waals surface area contributed by atoms with Crippen molar-refractivity contribution in [2.75, 3.05) is 32.0 Å². The summed E-state index contributed by atoms with van der Waals surface area (Å²) in [7, 11) is 0. The molecule has 0 radical (unpaired) electrons. The lowest BCUT2D eigenvalue weighted by molar-refractivity contribution is 0.0849. The lowest BCUT2D eigenvalue weighted by Crippen LogP contribution is -2.45. The van der Waals surface area contributed by atoms with Crippen molar-refractivity contribution in [3.63, 3.8) is 0 Å². The molecule has 138 valence electrons. The van der Waals surface area contributed by atoms with Crippen molar-refractivity contribution in [1.29, 1.82) is 0 Å². The Bertz CT molecular complexity index is 738. The Labute approximate surface area is 153 Å². The predicted molar refractivity (Wildman–Crippen MR) is 101 cm³/mol. The number of amides is 1. The minimum Gasteiger partial charge on any atom is -0.395 e. The van der Waals surface area contributed by atoms with Crippen LogP contribution in [0.4, 0.5) is 5.95 Å². The molecule has 1 aromatic carbocycles. The fourth-order valence-corrected chi connectivity index (χ4v) is 3.35. The summed E-state index contributed by atoms with van der Waals surface area (Å²) in [5.74, 6) is -0.0825. The Balaban J connectivity index is 1.66. The molecule has 26 heavy (non-hydrogen) atoms. The van der Waals surface area contributed by atoms with Gasteiger partial charge in [-0.05, 0) is 19.4 Å². The van der Waals surface area contributed by atoms with E-state index in [1.807, 2.05) is 30.3 Å². The van der Waals surface area contributed by atoms with Crippen molar-refractivity contribution < 1.29 is 9.90 Å². The zero-order chi connectivity index (χ0) is 18.4. The molecule has 1 atom stereocenters. The average molecular weight is 355 g/mol. The van der Waals surface area contributed by atoms with E-state index in [1.165, 1.54) is 6.20 Å². The highest BCUT2D eigenvalue weighted by molar-refractivity contribution is 5.99. The van der Waals surface area contributed by atoms with E-state index in [1.54, 1.807) is 0 Å². The maximum atomic E-state index is 12.6. The molecule has 7 heteroatoms. The molecule has 3 rings (SSSR count). The third-order valence-electron chi connectivity index (χ3n) is 4.74. The molecule has 2 aromatic rings. The van der Waals surface area contributed by atoms with Crippen molar-refractivity contribution in [2.45, 2.75) is 25.3 Å². The van der Waals surface area contributed by atoms with Gasteiger partial charge in [0.1, 0.15) is 0 Å². The summed E-state index contributed by atoms with van der Waals surface area (Å²) in [5.41, 5.74) is 7.47. The molecule has 0 spiro atoms. The maximum absolute atomic E-state index is 12.6. The van der Waals surface area contributed by atoms with Gasteiger partial charge in [0.05, 0.1) is 17.9 Å². The Morgan fingerprint density at radius 1 is 1.31 bits per heavy atom. The first kappa shape index (κ1) is 18.3. The van der Waals surface area contributed by atoms with Gasteiger partial charge in [0.15, 0.2) is 0 Å². The van der Waals surface area contributed by atoms with Gasteiger partial charge >= 0.3 is 0 Å². The number of rotatable bonds is 6. The first-order valence-corrected chi connectivity index (χ1v) is 9.00. The van der Waals surface area contributed by atoms with E-state index in [9.17, 15) is 9.90 Å². The number of likely N-dealkylation sites (tertiary alicyclic amines) is 1. The van der Waals surface area contributed by atoms with Crippen molar-refractivity contribution in [2.24, 2.45) is 0 Å².